The molecule has 2 amide bonds. The lowest BCUT2D eigenvalue weighted by molar-refractivity contribution is -0.384. The van der Waals surface area contributed by atoms with Crippen LogP contribution < -0.4 is 21.1 Å². The molecule has 3 N–H and O–H groups in total. The van der Waals surface area contributed by atoms with Crippen LogP contribution in [0.1, 0.15) is 33.3 Å². The largest absolute Gasteiger partial charge is 0.449 e. The molecule has 2 aromatic rings. The van der Waals surface area contributed by atoms with Crippen LogP contribution in [-0.4, -0.2) is 45.6 Å². The first-order valence-corrected chi connectivity index (χ1v) is 10.5. The Kier molecular flexibility index (Phi) is 6.95. The molecule has 1 aliphatic rings. The first-order chi connectivity index (χ1) is 15.6. The average molecular weight is 458 g/mol. The zero-order valence-electron chi connectivity index (χ0n) is 18.7. The Morgan fingerprint density at radius 3 is 2.55 bits per heavy atom. The number of non-ortho nitro benzene ring substituents is 1. The van der Waals surface area contributed by atoms with Gasteiger partial charge in [-0.15, -0.1) is 0 Å². The van der Waals surface area contributed by atoms with Gasteiger partial charge in [-0.3, -0.25) is 34.9 Å². The number of aromatic nitrogens is 2. The summed E-state index contributed by atoms with van der Waals surface area (Å²) in [7, 11) is 0. The van der Waals surface area contributed by atoms with Crippen molar-refractivity contribution in [2.75, 3.05) is 22.1 Å². The Labute approximate surface area is 189 Å². The van der Waals surface area contributed by atoms with E-state index in [9.17, 15) is 24.5 Å². The summed E-state index contributed by atoms with van der Waals surface area (Å²) in [4.78, 5) is 55.9. The summed E-state index contributed by atoms with van der Waals surface area (Å²) in [6.45, 7) is 7.04. The number of nitrogens with one attached hydrogen (secondary N) is 3. The summed E-state index contributed by atoms with van der Waals surface area (Å²) >= 11 is 0. The molecule has 2 atom stereocenters. The average Bonchev–Trinajstić information content (AvgIpc) is 2.75. The van der Waals surface area contributed by atoms with Gasteiger partial charge in [0.25, 0.3) is 11.2 Å². The first-order valence-electron chi connectivity index (χ1n) is 10.5. The number of rotatable bonds is 6. The summed E-state index contributed by atoms with van der Waals surface area (Å²) in [5.41, 5.74) is 0.147. The van der Waals surface area contributed by atoms with Gasteiger partial charge in [0.1, 0.15) is 0 Å². The zero-order chi connectivity index (χ0) is 24.3. The van der Waals surface area contributed by atoms with Gasteiger partial charge in [0.15, 0.2) is 11.5 Å². The van der Waals surface area contributed by atoms with Crippen molar-refractivity contribution in [2.24, 2.45) is 5.92 Å². The van der Waals surface area contributed by atoms with Gasteiger partial charge in [-0.25, -0.2) is 4.79 Å². The number of nitro benzene ring substituents is 1. The highest BCUT2D eigenvalue weighted by molar-refractivity contribution is 5.94. The van der Waals surface area contributed by atoms with E-state index in [1.807, 2.05) is 6.92 Å². The fraction of sp³-hybridized carbons (Fsp3) is 0.429. The van der Waals surface area contributed by atoms with Crippen LogP contribution in [0.4, 0.5) is 27.9 Å². The summed E-state index contributed by atoms with van der Waals surface area (Å²) in [5, 5.41) is 16.4. The molecule has 1 aromatic carbocycles. The zero-order valence-corrected chi connectivity index (χ0v) is 18.7. The van der Waals surface area contributed by atoms with E-state index in [0.29, 0.717) is 6.42 Å². The van der Waals surface area contributed by atoms with E-state index in [1.165, 1.54) is 17.0 Å². The molecule has 176 valence electrons. The number of H-pyrrole nitrogens is 1. The minimum absolute atomic E-state index is 0.00322. The van der Waals surface area contributed by atoms with Crippen LogP contribution in [0.3, 0.4) is 0 Å². The maximum Gasteiger partial charge on any atom is 0.414 e. The number of hydrogen-bond donors (Lipinski definition) is 3. The summed E-state index contributed by atoms with van der Waals surface area (Å²) in [6, 6.07) is 5.30. The first kappa shape index (κ1) is 23.7. The highest BCUT2D eigenvalue weighted by Gasteiger charge is 2.37. The van der Waals surface area contributed by atoms with Gasteiger partial charge in [0.2, 0.25) is 11.9 Å². The van der Waals surface area contributed by atoms with Crippen LogP contribution >= 0.6 is 0 Å². The predicted molar refractivity (Wildman–Crippen MR) is 121 cm³/mol. The molecule has 1 aromatic heterocycles. The van der Waals surface area contributed by atoms with Crippen LogP contribution in [0.2, 0.25) is 0 Å². The standard InChI is InChI=1S/C21H26N6O6/c1-11(2)18(28)24-20-23-17-16(19(29)25-20)26(13(4)12(3)22-17)21(30)33-10-9-14-5-7-15(8-6-14)27(31)32/h5-8,11-13H,9-10H2,1-4H3,(H3,22,23,24,25,28,29). The molecule has 0 aliphatic carbocycles. The third kappa shape index (κ3) is 5.27. The van der Waals surface area contributed by atoms with Crippen LogP contribution in [0.15, 0.2) is 29.1 Å². The number of carbonyl (C=O) groups is 2. The Morgan fingerprint density at radius 1 is 1.27 bits per heavy atom. The van der Waals surface area contributed by atoms with E-state index in [4.69, 9.17) is 4.74 Å². The second-order valence-electron chi connectivity index (χ2n) is 8.09. The molecule has 33 heavy (non-hydrogen) atoms. The number of hydrogen-bond acceptors (Lipinski definition) is 8. The number of nitrogens with zero attached hydrogens (tertiary/aromatic N) is 3. The summed E-state index contributed by atoms with van der Waals surface area (Å²) in [6.07, 6.45) is -0.369. The Morgan fingerprint density at radius 2 is 1.94 bits per heavy atom. The van der Waals surface area contributed by atoms with Gasteiger partial charge in [-0.2, -0.15) is 4.98 Å². The molecule has 0 saturated heterocycles. The Balaban J connectivity index is 1.75. The quantitative estimate of drug-likeness (QED) is 0.440. The van der Waals surface area contributed by atoms with Crippen LogP contribution in [-0.2, 0) is 16.0 Å². The monoisotopic (exact) mass is 458 g/mol. The molecule has 0 bridgehead atoms. The molecular weight excluding hydrogens is 432 g/mol. The second-order valence-corrected chi connectivity index (χ2v) is 8.09. The van der Waals surface area contributed by atoms with E-state index >= 15 is 0 Å². The topological polar surface area (TPSA) is 160 Å². The van der Waals surface area contributed by atoms with Crippen molar-refractivity contribution in [3.05, 3.63) is 50.3 Å². The summed E-state index contributed by atoms with van der Waals surface area (Å²) in [5.74, 6) is -0.466. The molecule has 2 unspecified atom stereocenters. The van der Waals surface area contributed by atoms with Crippen LogP contribution in [0.5, 0.6) is 0 Å². The van der Waals surface area contributed by atoms with E-state index < -0.39 is 22.6 Å². The Bertz CT molecular complexity index is 1110. The molecule has 3 rings (SSSR count). The fourth-order valence-electron chi connectivity index (χ4n) is 3.24. The van der Waals surface area contributed by atoms with Gasteiger partial charge < -0.3 is 10.1 Å². The summed E-state index contributed by atoms with van der Waals surface area (Å²) < 4.78 is 5.40. The van der Waals surface area contributed by atoms with Gasteiger partial charge in [-0.1, -0.05) is 26.0 Å². The van der Waals surface area contributed by atoms with Crippen molar-refractivity contribution >= 4 is 35.1 Å². The van der Waals surface area contributed by atoms with Gasteiger partial charge in [0, 0.05) is 30.5 Å². The second kappa shape index (κ2) is 9.67. The number of fused-ring (bicyclic) bond motifs is 1. The van der Waals surface area contributed by atoms with Crippen molar-refractivity contribution in [1.82, 2.24) is 9.97 Å². The van der Waals surface area contributed by atoms with Crippen molar-refractivity contribution in [3.8, 4) is 0 Å². The van der Waals surface area contributed by atoms with Crippen molar-refractivity contribution in [1.29, 1.82) is 0 Å². The van der Waals surface area contributed by atoms with E-state index in [2.05, 4.69) is 20.6 Å². The SMILES string of the molecule is CC(C)C(=O)Nc1nc2c(c(=O)[nH]1)N(C(=O)OCCc1ccc([N+](=O)[O-])cc1)C(C)C(C)N2. The third-order valence-electron chi connectivity index (χ3n) is 5.36. The molecule has 12 heteroatoms. The lowest BCUT2D eigenvalue weighted by Crippen LogP contribution is -2.53. The van der Waals surface area contributed by atoms with Gasteiger partial charge in [0.05, 0.1) is 17.6 Å². The fourth-order valence-corrected chi connectivity index (χ4v) is 3.24. The molecule has 0 saturated carbocycles. The van der Waals surface area contributed by atoms with Crippen molar-refractivity contribution in [2.45, 2.75) is 46.2 Å². The normalized spacial score (nSPS) is 17.2. The molecule has 2 heterocycles. The van der Waals surface area contributed by atoms with Crippen molar-refractivity contribution < 1.29 is 19.2 Å². The minimum atomic E-state index is -0.717. The van der Waals surface area contributed by atoms with Gasteiger partial charge in [-0.05, 0) is 19.4 Å². The molecular formula is C21H26N6O6. The van der Waals surface area contributed by atoms with Crippen LogP contribution in [0, 0.1) is 16.0 Å². The lowest BCUT2D eigenvalue weighted by Gasteiger charge is -2.38. The molecule has 1 aliphatic heterocycles. The highest BCUT2D eigenvalue weighted by atomic mass is 16.6. The molecule has 0 fully saturated rings. The molecule has 12 nitrogen and oxygen atoms in total. The number of benzene rings is 1. The van der Waals surface area contributed by atoms with E-state index in [0.717, 1.165) is 5.56 Å². The van der Waals surface area contributed by atoms with Crippen LogP contribution in [0.25, 0.3) is 0 Å². The number of nitro groups is 1. The van der Waals surface area contributed by atoms with Crippen molar-refractivity contribution in [3.63, 3.8) is 0 Å². The third-order valence-corrected chi connectivity index (χ3v) is 5.36. The molecule has 0 radical (unpaired) electrons. The van der Waals surface area contributed by atoms with Gasteiger partial charge >= 0.3 is 6.09 Å². The van der Waals surface area contributed by atoms with E-state index in [-0.39, 0.29) is 47.6 Å². The number of anilines is 3. The maximum absolute atomic E-state index is 12.9. The lowest BCUT2D eigenvalue weighted by atomic mass is 10.1. The maximum atomic E-state index is 12.9. The number of aromatic amines is 1. The number of amides is 2. The minimum Gasteiger partial charge on any atom is -0.449 e. The smallest absolute Gasteiger partial charge is 0.414 e. The van der Waals surface area contributed by atoms with E-state index in [1.54, 1.807) is 32.9 Å². The highest BCUT2D eigenvalue weighted by Crippen LogP contribution is 2.30. The number of carbonyl (C=O) groups excluding carboxylic acids is 2. The predicted octanol–water partition coefficient (Wildman–Crippen LogP) is 2.66. The molecule has 0 spiro atoms. The Hall–Kier alpha value is -3.96. The number of ether oxygens (including phenoxy) is 1.